The highest BCUT2D eigenvalue weighted by atomic mass is 16.5. The number of hydrogen-bond acceptors (Lipinski definition) is 3. The molecule has 0 unspecified atom stereocenters. The summed E-state index contributed by atoms with van der Waals surface area (Å²) in [6.45, 7) is 0. The van der Waals surface area contributed by atoms with Crippen LogP contribution in [-0.4, -0.2) is 24.2 Å². The number of carbonyl (C=O) groups excluding carboxylic acids is 1. The van der Waals surface area contributed by atoms with Crippen LogP contribution in [0.5, 0.6) is 0 Å². The molecule has 0 heterocycles. The zero-order valence-electron chi connectivity index (χ0n) is 11.2. The summed E-state index contributed by atoms with van der Waals surface area (Å²) in [5.74, 6) is -1.71. The van der Waals surface area contributed by atoms with Gasteiger partial charge in [0.25, 0.3) is 0 Å². The van der Waals surface area contributed by atoms with E-state index in [0.29, 0.717) is 0 Å². The summed E-state index contributed by atoms with van der Waals surface area (Å²) in [6.07, 6.45) is -0.0279. The lowest BCUT2D eigenvalue weighted by Crippen LogP contribution is -2.13. The van der Waals surface area contributed by atoms with Crippen molar-refractivity contribution in [2.24, 2.45) is 0 Å². The predicted octanol–water partition coefficient (Wildman–Crippen LogP) is 2.96. The molecular weight excluding hydrogens is 256 g/mol. The molecule has 2 aromatic carbocycles. The average Bonchev–Trinajstić information content (AvgIpc) is 2.45. The first kappa shape index (κ1) is 14.1. The molecule has 0 fully saturated rings. The average molecular weight is 272 g/mol. The number of hydrogen-bond donors (Lipinski definition) is 1. The number of benzene rings is 2. The van der Waals surface area contributed by atoms with Crippen LogP contribution in [-0.2, 0) is 14.3 Å². The van der Waals surface area contributed by atoms with Crippen molar-refractivity contribution in [3.05, 3.63) is 48.0 Å². The highest BCUT2D eigenvalue weighted by Gasteiger charge is 2.21. The summed E-state index contributed by atoms with van der Waals surface area (Å²) >= 11 is 0. The van der Waals surface area contributed by atoms with Crippen LogP contribution in [0, 0.1) is 0 Å². The second-order valence-corrected chi connectivity index (χ2v) is 4.64. The molecule has 0 radical (unpaired) electrons. The molecule has 4 heteroatoms. The molecule has 2 rings (SSSR count). The maximum Gasteiger partial charge on any atom is 0.306 e. The molecule has 0 amide bonds. The molecule has 0 saturated carbocycles. The molecule has 0 bridgehead atoms. The quantitative estimate of drug-likeness (QED) is 0.850. The van der Waals surface area contributed by atoms with Gasteiger partial charge in [-0.05, 0) is 16.3 Å². The van der Waals surface area contributed by atoms with E-state index in [1.807, 2.05) is 42.5 Å². The molecule has 2 aromatic rings. The summed E-state index contributed by atoms with van der Waals surface area (Å²) < 4.78 is 4.66. The van der Waals surface area contributed by atoms with Crippen molar-refractivity contribution in [1.29, 1.82) is 0 Å². The number of rotatable bonds is 5. The Morgan fingerprint density at radius 1 is 1.10 bits per heavy atom. The number of carboxylic acid groups (broad SMARTS) is 1. The van der Waals surface area contributed by atoms with Crippen LogP contribution in [0.4, 0.5) is 0 Å². The van der Waals surface area contributed by atoms with E-state index in [2.05, 4.69) is 4.74 Å². The van der Waals surface area contributed by atoms with E-state index in [-0.39, 0.29) is 18.8 Å². The van der Waals surface area contributed by atoms with Gasteiger partial charge in [-0.2, -0.15) is 0 Å². The predicted molar refractivity (Wildman–Crippen MR) is 75.6 cm³/mol. The van der Waals surface area contributed by atoms with E-state index in [4.69, 9.17) is 5.11 Å². The van der Waals surface area contributed by atoms with E-state index in [1.54, 1.807) is 0 Å². The SMILES string of the molecule is COC(=O)C[C@@H](CC(=O)O)c1cccc2ccccc12. The van der Waals surface area contributed by atoms with Gasteiger partial charge in [-0.25, -0.2) is 0 Å². The van der Waals surface area contributed by atoms with Gasteiger partial charge in [0.05, 0.1) is 20.0 Å². The highest BCUT2D eigenvalue weighted by Crippen LogP contribution is 2.30. The fourth-order valence-electron chi connectivity index (χ4n) is 2.39. The standard InChI is InChI=1S/C16H16O4/c1-20-16(19)10-12(9-15(17)18)14-8-4-6-11-5-2-3-7-13(11)14/h2-8,12H,9-10H2,1H3,(H,17,18)/t12-/m1/s1. The fraction of sp³-hybridized carbons (Fsp3) is 0.250. The number of carbonyl (C=O) groups is 2. The van der Waals surface area contributed by atoms with Crippen molar-refractivity contribution in [1.82, 2.24) is 0 Å². The number of carboxylic acids is 1. The van der Waals surface area contributed by atoms with E-state index < -0.39 is 11.9 Å². The van der Waals surface area contributed by atoms with Gasteiger partial charge in [0, 0.05) is 5.92 Å². The van der Waals surface area contributed by atoms with Crippen molar-refractivity contribution >= 4 is 22.7 Å². The van der Waals surface area contributed by atoms with E-state index in [1.165, 1.54) is 7.11 Å². The lowest BCUT2D eigenvalue weighted by molar-refractivity contribution is -0.141. The summed E-state index contributed by atoms with van der Waals surface area (Å²) in [5.41, 5.74) is 0.871. The molecule has 0 aliphatic carbocycles. The minimum Gasteiger partial charge on any atom is -0.481 e. The largest absolute Gasteiger partial charge is 0.481 e. The zero-order valence-corrected chi connectivity index (χ0v) is 11.2. The third kappa shape index (κ3) is 3.15. The van der Waals surface area contributed by atoms with Crippen LogP contribution in [0.2, 0.25) is 0 Å². The molecular formula is C16H16O4. The first-order valence-corrected chi connectivity index (χ1v) is 6.38. The van der Waals surface area contributed by atoms with Crippen molar-refractivity contribution in [3.63, 3.8) is 0 Å². The Morgan fingerprint density at radius 2 is 1.80 bits per heavy atom. The molecule has 1 N–H and O–H groups in total. The van der Waals surface area contributed by atoms with Gasteiger partial charge in [0.15, 0.2) is 0 Å². The van der Waals surface area contributed by atoms with Gasteiger partial charge in [0.1, 0.15) is 0 Å². The monoisotopic (exact) mass is 272 g/mol. The highest BCUT2D eigenvalue weighted by molar-refractivity contribution is 5.87. The maximum atomic E-state index is 11.5. The van der Waals surface area contributed by atoms with Gasteiger partial charge < -0.3 is 9.84 Å². The second kappa shape index (κ2) is 6.19. The third-order valence-electron chi connectivity index (χ3n) is 3.32. The normalized spacial score (nSPS) is 12.1. The second-order valence-electron chi connectivity index (χ2n) is 4.64. The van der Waals surface area contributed by atoms with E-state index in [0.717, 1.165) is 16.3 Å². The Balaban J connectivity index is 2.44. The first-order chi connectivity index (χ1) is 9.61. The Hall–Kier alpha value is -2.36. The number of fused-ring (bicyclic) bond motifs is 1. The maximum absolute atomic E-state index is 11.5. The zero-order chi connectivity index (χ0) is 14.5. The van der Waals surface area contributed by atoms with Crippen molar-refractivity contribution in [2.75, 3.05) is 7.11 Å². The van der Waals surface area contributed by atoms with Crippen molar-refractivity contribution < 1.29 is 19.4 Å². The molecule has 1 atom stereocenters. The number of ether oxygens (including phenoxy) is 1. The minimum absolute atomic E-state index is 0.0663. The Kier molecular flexibility index (Phi) is 4.35. The molecule has 0 aromatic heterocycles. The van der Waals surface area contributed by atoms with Gasteiger partial charge in [-0.15, -0.1) is 0 Å². The summed E-state index contributed by atoms with van der Waals surface area (Å²) in [4.78, 5) is 22.5. The van der Waals surface area contributed by atoms with E-state index >= 15 is 0 Å². The van der Waals surface area contributed by atoms with Crippen LogP contribution in [0.1, 0.15) is 24.3 Å². The fourth-order valence-corrected chi connectivity index (χ4v) is 2.39. The van der Waals surface area contributed by atoms with Gasteiger partial charge in [0.2, 0.25) is 0 Å². The first-order valence-electron chi connectivity index (χ1n) is 6.38. The lowest BCUT2D eigenvalue weighted by atomic mass is 9.88. The molecule has 0 spiro atoms. The molecule has 4 nitrogen and oxygen atoms in total. The lowest BCUT2D eigenvalue weighted by Gasteiger charge is -2.16. The summed E-state index contributed by atoms with van der Waals surface area (Å²) in [7, 11) is 1.31. The summed E-state index contributed by atoms with van der Waals surface area (Å²) in [6, 6.07) is 13.5. The molecule has 20 heavy (non-hydrogen) atoms. The molecule has 0 saturated heterocycles. The van der Waals surface area contributed by atoms with Gasteiger partial charge >= 0.3 is 11.9 Å². The Labute approximate surface area is 117 Å². The van der Waals surface area contributed by atoms with Crippen LogP contribution in [0.25, 0.3) is 10.8 Å². The smallest absolute Gasteiger partial charge is 0.306 e. The number of aliphatic carboxylic acids is 1. The number of esters is 1. The molecule has 104 valence electrons. The van der Waals surface area contributed by atoms with Crippen LogP contribution >= 0.6 is 0 Å². The third-order valence-corrected chi connectivity index (χ3v) is 3.32. The Bertz CT molecular complexity index is 628. The Morgan fingerprint density at radius 3 is 2.50 bits per heavy atom. The van der Waals surface area contributed by atoms with E-state index in [9.17, 15) is 9.59 Å². The van der Waals surface area contributed by atoms with Crippen LogP contribution in [0.15, 0.2) is 42.5 Å². The van der Waals surface area contributed by atoms with Crippen molar-refractivity contribution in [2.45, 2.75) is 18.8 Å². The van der Waals surface area contributed by atoms with Gasteiger partial charge in [-0.3, -0.25) is 9.59 Å². The van der Waals surface area contributed by atoms with Crippen LogP contribution in [0.3, 0.4) is 0 Å². The number of methoxy groups -OCH3 is 1. The summed E-state index contributed by atoms with van der Waals surface area (Å²) in [5, 5.41) is 11.1. The van der Waals surface area contributed by atoms with Crippen molar-refractivity contribution in [3.8, 4) is 0 Å². The topological polar surface area (TPSA) is 63.6 Å². The molecule has 0 aliphatic heterocycles. The van der Waals surface area contributed by atoms with Crippen LogP contribution < -0.4 is 0 Å². The van der Waals surface area contributed by atoms with Gasteiger partial charge in [-0.1, -0.05) is 42.5 Å². The minimum atomic E-state index is -0.924. The molecule has 0 aliphatic rings.